The van der Waals surface area contributed by atoms with Crippen LogP contribution in [0.5, 0.6) is 0 Å². The molecule has 0 fully saturated rings. The average molecular weight is 387 g/mol. The topological polar surface area (TPSA) is 102 Å². The second-order valence-corrected chi connectivity index (χ2v) is 7.43. The van der Waals surface area contributed by atoms with Crippen LogP contribution in [0.3, 0.4) is 0 Å². The van der Waals surface area contributed by atoms with Crippen molar-refractivity contribution >= 4 is 29.5 Å². The number of imide groups is 1. The average Bonchev–Trinajstić information content (AvgIpc) is 2.77. The van der Waals surface area contributed by atoms with Gasteiger partial charge in [-0.3, -0.25) is 14.8 Å². The first-order valence-electron chi connectivity index (χ1n) is 8.53. The summed E-state index contributed by atoms with van der Waals surface area (Å²) in [6.07, 6.45) is 0.669. The van der Waals surface area contributed by atoms with Gasteiger partial charge in [0.05, 0.1) is 5.69 Å². The number of ether oxygens (including phenoxy) is 1. The molecule has 1 rings (SSSR count). The second-order valence-electron chi connectivity index (χ2n) is 7.07. The van der Waals surface area contributed by atoms with Crippen LogP contribution in [0.2, 0.25) is 5.15 Å². The van der Waals surface area contributed by atoms with Gasteiger partial charge in [0, 0.05) is 12.1 Å². The van der Waals surface area contributed by atoms with Gasteiger partial charge in [-0.2, -0.15) is 5.10 Å². The minimum atomic E-state index is -1.16. The minimum Gasteiger partial charge on any atom is -0.449 e. The van der Waals surface area contributed by atoms with E-state index in [2.05, 4.69) is 15.7 Å². The fourth-order valence-electron chi connectivity index (χ4n) is 2.10. The Morgan fingerprint density at radius 2 is 1.92 bits per heavy atom. The third kappa shape index (κ3) is 6.33. The van der Waals surface area contributed by atoms with Gasteiger partial charge in [0.2, 0.25) is 0 Å². The Hall–Kier alpha value is -2.09. The highest BCUT2D eigenvalue weighted by Gasteiger charge is 2.27. The highest BCUT2D eigenvalue weighted by molar-refractivity contribution is 6.32. The Morgan fingerprint density at radius 1 is 1.31 bits per heavy atom. The van der Waals surface area contributed by atoms with Gasteiger partial charge in [-0.25, -0.2) is 9.59 Å². The Bertz CT molecular complexity index is 679. The lowest BCUT2D eigenvalue weighted by Gasteiger charge is -2.21. The number of nitrogens with zero attached hydrogens (tertiary/aromatic N) is 2. The van der Waals surface area contributed by atoms with Crippen molar-refractivity contribution in [3.63, 3.8) is 0 Å². The Kier molecular flexibility index (Phi) is 7.62. The fourth-order valence-corrected chi connectivity index (χ4v) is 2.44. The van der Waals surface area contributed by atoms with Gasteiger partial charge in [-0.1, -0.05) is 24.9 Å². The van der Waals surface area contributed by atoms with Crippen LogP contribution in [-0.2, 0) is 16.1 Å². The summed E-state index contributed by atoms with van der Waals surface area (Å²) in [6.45, 7) is 11.0. The molecule has 0 aliphatic carbocycles. The lowest BCUT2D eigenvalue weighted by Crippen LogP contribution is -2.50. The van der Waals surface area contributed by atoms with E-state index in [9.17, 15) is 14.4 Å². The molecular weight excluding hydrogens is 360 g/mol. The summed E-state index contributed by atoms with van der Waals surface area (Å²) >= 11 is 6.22. The van der Waals surface area contributed by atoms with Gasteiger partial charge in [-0.05, 0) is 41.0 Å². The van der Waals surface area contributed by atoms with Crippen LogP contribution in [0.25, 0.3) is 0 Å². The van der Waals surface area contributed by atoms with Gasteiger partial charge in [0.1, 0.15) is 10.7 Å². The number of aryl methyl sites for hydroxylation is 2. The molecule has 0 saturated carbocycles. The predicted octanol–water partition coefficient (Wildman–Crippen LogP) is 2.81. The monoisotopic (exact) mass is 386 g/mol. The molecule has 9 heteroatoms. The zero-order chi connectivity index (χ0) is 20.1. The molecule has 0 aromatic carbocycles. The zero-order valence-electron chi connectivity index (χ0n) is 16.1. The van der Waals surface area contributed by atoms with Crippen LogP contribution in [0.15, 0.2) is 0 Å². The van der Waals surface area contributed by atoms with Crippen LogP contribution in [0, 0.1) is 6.92 Å². The number of aromatic nitrogens is 2. The largest absolute Gasteiger partial charge is 0.449 e. The molecule has 3 amide bonds. The van der Waals surface area contributed by atoms with Crippen LogP contribution >= 0.6 is 11.6 Å². The quantitative estimate of drug-likeness (QED) is 0.732. The number of esters is 1. The van der Waals surface area contributed by atoms with Crippen molar-refractivity contribution < 1.29 is 19.1 Å². The van der Waals surface area contributed by atoms with E-state index in [1.54, 1.807) is 32.4 Å². The van der Waals surface area contributed by atoms with Crippen molar-refractivity contribution in [3.8, 4) is 0 Å². The molecule has 26 heavy (non-hydrogen) atoms. The number of nitrogens with one attached hydrogen (secondary N) is 2. The molecule has 0 saturated heterocycles. The van der Waals surface area contributed by atoms with Crippen molar-refractivity contribution in [1.82, 2.24) is 20.4 Å². The first kappa shape index (κ1) is 22.0. The van der Waals surface area contributed by atoms with E-state index in [4.69, 9.17) is 16.3 Å². The molecule has 0 bridgehead atoms. The summed E-state index contributed by atoms with van der Waals surface area (Å²) in [7, 11) is 0. The zero-order valence-corrected chi connectivity index (χ0v) is 16.9. The van der Waals surface area contributed by atoms with Gasteiger partial charge >= 0.3 is 12.0 Å². The molecule has 146 valence electrons. The first-order chi connectivity index (χ1) is 12.0. The van der Waals surface area contributed by atoms with E-state index in [1.807, 2.05) is 6.92 Å². The number of amides is 3. The molecule has 0 aliphatic rings. The lowest BCUT2D eigenvalue weighted by molar-refractivity contribution is -0.127. The highest BCUT2D eigenvalue weighted by Crippen LogP contribution is 2.21. The Labute approximate surface area is 158 Å². The van der Waals surface area contributed by atoms with E-state index in [1.165, 1.54) is 6.92 Å². The van der Waals surface area contributed by atoms with Gasteiger partial charge in [0.25, 0.3) is 5.91 Å². The molecule has 0 radical (unpaired) electrons. The number of halogens is 1. The summed E-state index contributed by atoms with van der Waals surface area (Å²) < 4.78 is 6.68. The van der Waals surface area contributed by atoms with Gasteiger partial charge < -0.3 is 10.1 Å². The summed E-state index contributed by atoms with van der Waals surface area (Å²) in [5.41, 5.74) is 0.0536. The fraction of sp³-hybridized carbons (Fsp3) is 0.647. The van der Waals surface area contributed by atoms with Crippen LogP contribution in [0.4, 0.5) is 4.79 Å². The Morgan fingerprint density at radius 3 is 2.46 bits per heavy atom. The lowest BCUT2D eigenvalue weighted by atomic mass is 10.1. The van der Waals surface area contributed by atoms with Gasteiger partial charge in [-0.15, -0.1) is 0 Å². The molecule has 1 aromatic heterocycles. The number of hydrogen-bond acceptors (Lipinski definition) is 5. The minimum absolute atomic E-state index is 0.126. The van der Waals surface area contributed by atoms with E-state index >= 15 is 0 Å². The van der Waals surface area contributed by atoms with Crippen LogP contribution in [0.1, 0.15) is 63.5 Å². The van der Waals surface area contributed by atoms with Crippen molar-refractivity contribution in [2.75, 3.05) is 0 Å². The molecule has 8 nitrogen and oxygen atoms in total. The van der Waals surface area contributed by atoms with Crippen LogP contribution in [-0.4, -0.2) is 39.3 Å². The standard InChI is InChI=1S/C17H27ClN4O4/c1-7-8-9-22-13(18)12(10(2)21-22)15(24)26-11(3)14(23)19-16(25)20-17(4,5)6/h11H,7-9H2,1-6H3,(H2,19,20,23,25)/t11-/m0/s1. The number of carbonyl (C=O) groups excluding carboxylic acids is 3. The molecule has 0 spiro atoms. The van der Waals surface area contributed by atoms with E-state index in [0.29, 0.717) is 12.2 Å². The van der Waals surface area contributed by atoms with E-state index < -0.39 is 29.6 Å². The molecule has 1 heterocycles. The predicted molar refractivity (Wildman–Crippen MR) is 98.2 cm³/mol. The molecule has 0 unspecified atom stereocenters. The van der Waals surface area contributed by atoms with E-state index in [0.717, 1.165) is 12.8 Å². The second kappa shape index (κ2) is 9.02. The molecule has 1 aromatic rings. The summed E-state index contributed by atoms with van der Waals surface area (Å²) in [6, 6.07) is -0.660. The van der Waals surface area contributed by atoms with Crippen LogP contribution < -0.4 is 10.6 Å². The maximum absolute atomic E-state index is 12.4. The van der Waals surface area contributed by atoms with E-state index in [-0.39, 0.29) is 10.7 Å². The van der Waals surface area contributed by atoms with Crippen molar-refractivity contribution in [2.24, 2.45) is 0 Å². The van der Waals surface area contributed by atoms with Gasteiger partial charge in [0.15, 0.2) is 6.10 Å². The number of carbonyl (C=O) groups is 3. The number of rotatable bonds is 6. The summed E-state index contributed by atoms with van der Waals surface area (Å²) in [5.74, 6) is -1.48. The Balaban J connectivity index is 2.74. The molecule has 2 N–H and O–H groups in total. The highest BCUT2D eigenvalue weighted by atomic mass is 35.5. The third-order valence-corrected chi connectivity index (χ3v) is 3.76. The van der Waals surface area contributed by atoms with Crippen molar-refractivity contribution in [2.45, 2.75) is 72.6 Å². The molecular formula is C17H27ClN4O4. The summed E-state index contributed by atoms with van der Waals surface area (Å²) in [5, 5.41) is 9.13. The number of urea groups is 1. The van der Waals surface area contributed by atoms with Crippen molar-refractivity contribution in [1.29, 1.82) is 0 Å². The number of hydrogen-bond donors (Lipinski definition) is 2. The smallest absolute Gasteiger partial charge is 0.343 e. The number of unbranched alkanes of at least 4 members (excludes halogenated alkanes) is 1. The van der Waals surface area contributed by atoms with Crippen molar-refractivity contribution in [3.05, 3.63) is 16.4 Å². The maximum atomic E-state index is 12.4. The first-order valence-corrected chi connectivity index (χ1v) is 8.91. The third-order valence-electron chi connectivity index (χ3n) is 3.37. The molecule has 1 atom stereocenters. The SMILES string of the molecule is CCCCn1nc(C)c(C(=O)O[C@@H](C)C(=O)NC(=O)NC(C)(C)C)c1Cl. The summed E-state index contributed by atoms with van der Waals surface area (Å²) in [4.78, 5) is 36.1. The molecule has 0 aliphatic heterocycles. The normalized spacial score (nSPS) is 12.4. The maximum Gasteiger partial charge on any atom is 0.343 e.